The average Bonchev–Trinajstić information content (AvgIpc) is 2.96. The number of hydrogen-bond donors (Lipinski definition) is 0. The molecule has 0 unspecified atom stereocenters. The number of esters is 5. The number of carbonyl (C=O) groups excluding carboxylic acids is 5. The van der Waals surface area contributed by atoms with Crippen molar-refractivity contribution in [1.82, 2.24) is 0 Å². The number of fused-ring (bicyclic) bond motifs is 1. The summed E-state index contributed by atoms with van der Waals surface area (Å²) in [6.07, 6.45) is -2.76. The van der Waals surface area contributed by atoms with E-state index in [2.05, 4.69) is 0 Å². The fourth-order valence-electron chi connectivity index (χ4n) is 5.33. The van der Waals surface area contributed by atoms with Crippen molar-refractivity contribution in [2.75, 3.05) is 6.61 Å². The highest BCUT2D eigenvalue weighted by Crippen LogP contribution is 2.38. The lowest BCUT2D eigenvalue weighted by molar-refractivity contribution is -0.288. The SMILES string of the molecule is CC(=O)OC[C@H]1O[C@@H](Oc2ccc3c(OC4CCCCC4)c(OC(C)=O)c(=O)oc3c2)[C@H](OC(C)=O)[C@@H](OC(C)=O)[C@H]1OC(C)=O. The molecule has 1 aromatic heterocycles. The van der Waals surface area contributed by atoms with E-state index in [1.54, 1.807) is 0 Å². The van der Waals surface area contributed by atoms with Crippen LogP contribution < -0.4 is 19.8 Å². The molecular weight excluding hydrogens is 612 g/mol. The van der Waals surface area contributed by atoms with Crippen molar-refractivity contribution in [2.45, 2.75) is 104 Å². The Kier molecular flexibility index (Phi) is 11.2. The highest BCUT2D eigenvalue weighted by atomic mass is 16.7. The molecule has 2 aliphatic rings. The van der Waals surface area contributed by atoms with Crippen LogP contribution in [0.1, 0.15) is 66.7 Å². The van der Waals surface area contributed by atoms with Crippen LogP contribution in [0.25, 0.3) is 11.0 Å². The predicted molar refractivity (Wildman–Crippen MR) is 154 cm³/mol. The van der Waals surface area contributed by atoms with E-state index in [-0.39, 0.29) is 28.9 Å². The molecule has 1 saturated carbocycles. The van der Waals surface area contributed by atoms with E-state index >= 15 is 0 Å². The Balaban J connectivity index is 1.74. The molecule has 15 nitrogen and oxygen atoms in total. The van der Waals surface area contributed by atoms with Gasteiger partial charge in [-0.2, -0.15) is 0 Å². The molecule has 4 rings (SSSR count). The Bertz CT molecular complexity index is 1520. The van der Waals surface area contributed by atoms with Crippen molar-refractivity contribution in [3.05, 3.63) is 28.6 Å². The van der Waals surface area contributed by atoms with Crippen LogP contribution in [0.5, 0.6) is 17.2 Å². The Labute approximate surface area is 263 Å². The van der Waals surface area contributed by atoms with Crippen LogP contribution in [0, 0.1) is 0 Å². The minimum atomic E-state index is -1.51. The summed E-state index contributed by atoms with van der Waals surface area (Å²) in [5.74, 6) is -4.06. The second-order valence-corrected chi connectivity index (χ2v) is 10.9. The van der Waals surface area contributed by atoms with Crippen LogP contribution in [-0.2, 0) is 47.7 Å². The largest absolute Gasteiger partial charge is 0.485 e. The Morgan fingerprint density at radius 2 is 1.37 bits per heavy atom. The van der Waals surface area contributed by atoms with Crippen molar-refractivity contribution in [1.29, 1.82) is 0 Å². The van der Waals surface area contributed by atoms with Gasteiger partial charge in [-0.25, -0.2) is 4.79 Å². The monoisotopic (exact) mass is 648 g/mol. The maximum Gasteiger partial charge on any atom is 0.383 e. The molecule has 2 fully saturated rings. The topological polar surface area (TPSA) is 189 Å². The summed E-state index contributed by atoms with van der Waals surface area (Å²) in [5.41, 5.74) is -0.951. The molecule has 1 aliphatic carbocycles. The average molecular weight is 649 g/mol. The van der Waals surface area contributed by atoms with Gasteiger partial charge in [0.05, 0.1) is 11.5 Å². The number of ether oxygens (including phenoxy) is 8. The summed E-state index contributed by atoms with van der Waals surface area (Å²) in [7, 11) is 0. The normalized spacial score (nSPS) is 23.1. The Morgan fingerprint density at radius 3 is 1.98 bits per heavy atom. The molecule has 46 heavy (non-hydrogen) atoms. The van der Waals surface area contributed by atoms with Gasteiger partial charge in [-0.3, -0.25) is 24.0 Å². The van der Waals surface area contributed by atoms with Crippen LogP contribution in [-0.4, -0.2) is 73.3 Å². The molecule has 15 heteroatoms. The third kappa shape index (κ3) is 8.74. The van der Waals surface area contributed by atoms with Gasteiger partial charge in [0.15, 0.2) is 18.0 Å². The van der Waals surface area contributed by atoms with Crippen LogP contribution in [0.15, 0.2) is 27.4 Å². The van der Waals surface area contributed by atoms with E-state index in [9.17, 15) is 28.8 Å². The van der Waals surface area contributed by atoms with Gasteiger partial charge < -0.3 is 42.3 Å². The van der Waals surface area contributed by atoms with Crippen molar-refractivity contribution in [3.63, 3.8) is 0 Å². The van der Waals surface area contributed by atoms with Crippen molar-refractivity contribution in [3.8, 4) is 17.2 Å². The lowest BCUT2D eigenvalue weighted by Gasteiger charge is -2.43. The molecule has 0 radical (unpaired) electrons. The quantitative estimate of drug-likeness (QED) is 0.207. The van der Waals surface area contributed by atoms with Gasteiger partial charge in [0.25, 0.3) is 5.75 Å². The van der Waals surface area contributed by atoms with Crippen LogP contribution >= 0.6 is 0 Å². The van der Waals surface area contributed by atoms with Crippen molar-refractivity contribution in [2.24, 2.45) is 0 Å². The molecule has 250 valence electrons. The first-order valence-corrected chi connectivity index (χ1v) is 14.8. The van der Waals surface area contributed by atoms with Gasteiger partial charge in [0, 0.05) is 40.7 Å². The molecule has 0 spiro atoms. The second-order valence-electron chi connectivity index (χ2n) is 10.9. The fraction of sp³-hybridized carbons (Fsp3) is 0.548. The van der Waals surface area contributed by atoms with Gasteiger partial charge in [0.2, 0.25) is 12.4 Å². The van der Waals surface area contributed by atoms with Crippen LogP contribution in [0.3, 0.4) is 0 Å². The highest BCUT2D eigenvalue weighted by molar-refractivity contribution is 5.87. The van der Waals surface area contributed by atoms with Crippen molar-refractivity contribution >= 4 is 40.8 Å². The fourth-order valence-corrected chi connectivity index (χ4v) is 5.33. The zero-order valence-corrected chi connectivity index (χ0v) is 26.1. The van der Waals surface area contributed by atoms with E-state index in [0.29, 0.717) is 5.39 Å². The molecule has 0 N–H and O–H groups in total. The van der Waals surface area contributed by atoms with Gasteiger partial charge in [-0.15, -0.1) is 0 Å². The van der Waals surface area contributed by atoms with Crippen LogP contribution in [0.4, 0.5) is 0 Å². The zero-order valence-electron chi connectivity index (χ0n) is 26.1. The Hall–Kier alpha value is -4.66. The maximum atomic E-state index is 13.0. The van der Waals surface area contributed by atoms with E-state index in [0.717, 1.165) is 66.7 Å². The van der Waals surface area contributed by atoms with Gasteiger partial charge >= 0.3 is 35.5 Å². The standard InChI is InChI=1S/C31H36O15/c1-15(32)38-14-24-26(39-16(2)33)27(40-17(3)34)29(42-19(5)36)31(46-24)44-21-11-12-22-23(13-21)45-30(37)28(41-18(4)35)25(22)43-20-9-7-6-8-10-20/h11-13,20,24,26-27,29,31H,6-10,14H2,1-5H3/t24-,26+,27+,29-,31-/m1/s1. The number of carbonyl (C=O) groups is 5. The van der Waals surface area contributed by atoms with E-state index in [4.69, 9.17) is 42.3 Å². The summed E-state index contributed by atoms with van der Waals surface area (Å²) in [6, 6.07) is 4.34. The molecule has 1 saturated heterocycles. The summed E-state index contributed by atoms with van der Waals surface area (Å²) in [4.78, 5) is 72.6. The third-order valence-electron chi connectivity index (χ3n) is 7.07. The minimum absolute atomic E-state index is 0.00912. The summed E-state index contributed by atoms with van der Waals surface area (Å²) in [6.45, 7) is 5.19. The first-order valence-electron chi connectivity index (χ1n) is 14.8. The molecule has 1 aliphatic heterocycles. The number of benzene rings is 1. The molecule has 2 aromatic rings. The third-order valence-corrected chi connectivity index (χ3v) is 7.07. The van der Waals surface area contributed by atoms with Gasteiger partial charge in [-0.05, 0) is 37.8 Å². The van der Waals surface area contributed by atoms with Gasteiger partial charge in [0.1, 0.15) is 24.0 Å². The van der Waals surface area contributed by atoms with Crippen LogP contribution in [0.2, 0.25) is 0 Å². The first-order chi connectivity index (χ1) is 21.8. The first kappa shape index (κ1) is 34.2. The summed E-state index contributed by atoms with van der Waals surface area (Å²) >= 11 is 0. The van der Waals surface area contributed by atoms with E-state index < -0.39 is 72.8 Å². The molecule has 5 atom stereocenters. The highest BCUT2D eigenvalue weighted by Gasteiger charge is 2.53. The molecule has 1 aromatic carbocycles. The molecule has 2 heterocycles. The molecule has 0 bridgehead atoms. The van der Waals surface area contributed by atoms with Crippen molar-refractivity contribution < 1.29 is 66.3 Å². The lowest BCUT2D eigenvalue weighted by Crippen LogP contribution is -2.63. The molecule has 0 amide bonds. The van der Waals surface area contributed by atoms with E-state index in [1.807, 2.05) is 0 Å². The van der Waals surface area contributed by atoms with Gasteiger partial charge in [-0.1, -0.05) is 6.42 Å². The second kappa shape index (κ2) is 15.1. The smallest absolute Gasteiger partial charge is 0.383 e. The Morgan fingerprint density at radius 1 is 0.739 bits per heavy atom. The maximum absolute atomic E-state index is 13.0. The summed E-state index contributed by atoms with van der Waals surface area (Å²) in [5, 5.41) is 0.315. The number of rotatable bonds is 10. The number of hydrogen-bond acceptors (Lipinski definition) is 15. The predicted octanol–water partition coefficient (Wildman–Crippen LogP) is 2.89. The lowest BCUT2D eigenvalue weighted by atomic mass is 9.97. The minimum Gasteiger partial charge on any atom is -0.485 e. The summed E-state index contributed by atoms with van der Waals surface area (Å²) < 4.78 is 50.2. The van der Waals surface area contributed by atoms with E-state index in [1.165, 1.54) is 18.2 Å². The molecular formula is C31H36O15. The zero-order chi connectivity index (χ0) is 33.5.